The molecule has 0 bridgehead atoms. The van der Waals surface area contributed by atoms with E-state index in [1.54, 1.807) is 0 Å². The number of furan rings is 1. The number of fused-ring (bicyclic) bond motifs is 1. The summed E-state index contributed by atoms with van der Waals surface area (Å²) in [5, 5.41) is 12.4. The quantitative estimate of drug-likeness (QED) is 0.583. The topological polar surface area (TPSA) is 33.4 Å². The van der Waals surface area contributed by atoms with Crippen LogP contribution in [0.2, 0.25) is 18.6 Å². The maximum atomic E-state index is 11.2. The highest BCUT2D eigenvalue weighted by Crippen LogP contribution is 2.38. The molecule has 3 atom stereocenters. The van der Waals surface area contributed by atoms with E-state index in [2.05, 4.69) is 33.5 Å². The minimum absolute atomic E-state index is 0.166. The van der Waals surface area contributed by atoms with Gasteiger partial charge in [0.1, 0.15) is 13.8 Å². The first kappa shape index (κ1) is 19.0. The molecule has 1 aromatic heterocycles. The monoisotopic (exact) mass is 360 g/mol. The van der Waals surface area contributed by atoms with Crippen molar-refractivity contribution < 1.29 is 9.52 Å². The molecule has 1 aromatic rings. The van der Waals surface area contributed by atoms with Gasteiger partial charge in [0.05, 0.1) is 11.5 Å². The molecule has 1 fully saturated rings. The minimum atomic E-state index is -1.97. The third-order valence-corrected chi connectivity index (χ3v) is 10.8. The maximum Gasteiger partial charge on any atom is 0.136 e. The molecule has 0 amide bonds. The van der Waals surface area contributed by atoms with Crippen molar-refractivity contribution in [1.82, 2.24) is 0 Å². The van der Waals surface area contributed by atoms with Crippen LogP contribution in [0.1, 0.15) is 62.3 Å². The minimum Gasteiger partial charge on any atom is -0.471 e. The van der Waals surface area contributed by atoms with Crippen LogP contribution in [0.15, 0.2) is 17.1 Å². The largest absolute Gasteiger partial charge is 0.471 e. The zero-order chi connectivity index (χ0) is 18.2. The van der Waals surface area contributed by atoms with Gasteiger partial charge in [-0.25, -0.2) is 0 Å². The van der Waals surface area contributed by atoms with Crippen molar-refractivity contribution in [2.75, 3.05) is 0 Å². The fourth-order valence-corrected chi connectivity index (χ4v) is 8.83. The Morgan fingerprint density at radius 1 is 1.20 bits per heavy atom. The number of rotatable bonds is 5. The molecule has 0 aromatic carbocycles. The normalized spacial score (nSPS) is 24.6. The fourth-order valence-electron chi connectivity index (χ4n) is 5.30. The third-order valence-electron chi connectivity index (χ3n) is 6.95. The fraction of sp³-hybridized carbons (Fsp3) is 0.727. The molecule has 25 heavy (non-hydrogen) atoms. The second-order valence-corrected chi connectivity index (χ2v) is 13.7. The highest BCUT2D eigenvalue weighted by Gasteiger charge is 2.44. The molecular formula is C22H36O2Si. The molecule has 2 nitrogen and oxygen atoms in total. The average Bonchev–Trinajstić information content (AvgIpc) is 2.92. The van der Waals surface area contributed by atoms with Crippen molar-refractivity contribution in [1.29, 1.82) is 0 Å². The van der Waals surface area contributed by atoms with Gasteiger partial charge in [0.25, 0.3) is 0 Å². The summed E-state index contributed by atoms with van der Waals surface area (Å²) in [6, 6.07) is 0. The first-order chi connectivity index (χ1) is 11.9. The van der Waals surface area contributed by atoms with Crippen molar-refractivity contribution in [2.24, 2.45) is 11.8 Å². The molecule has 0 saturated heterocycles. The van der Waals surface area contributed by atoms with E-state index in [1.165, 1.54) is 60.8 Å². The SMILES string of the molecule is C=C[C@H]([C@@H](O)C1CCCCC1)[Si](C)(C)c1oc2c(c1C)CCC(C)C2. The van der Waals surface area contributed by atoms with Crippen LogP contribution in [-0.2, 0) is 12.8 Å². The Bertz CT molecular complexity index is 610. The van der Waals surface area contributed by atoms with E-state index in [1.807, 2.05) is 6.08 Å². The van der Waals surface area contributed by atoms with Crippen LogP contribution in [0.5, 0.6) is 0 Å². The molecule has 1 heterocycles. The van der Waals surface area contributed by atoms with Gasteiger partial charge in [-0.1, -0.05) is 45.4 Å². The highest BCUT2D eigenvalue weighted by molar-refractivity contribution is 6.90. The summed E-state index contributed by atoms with van der Waals surface area (Å²) < 4.78 is 6.50. The van der Waals surface area contributed by atoms with Gasteiger partial charge in [-0.3, -0.25) is 0 Å². The average molecular weight is 361 g/mol. The zero-order valence-electron chi connectivity index (χ0n) is 16.6. The lowest BCUT2D eigenvalue weighted by atomic mass is 9.84. The Morgan fingerprint density at radius 3 is 2.52 bits per heavy atom. The molecule has 1 saturated carbocycles. The van der Waals surface area contributed by atoms with Gasteiger partial charge in [-0.2, -0.15) is 0 Å². The predicted octanol–water partition coefficient (Wildman–Crippen LogP) is 5.13. The summed E-state index contributed by atoms with van der Waals surface area (Å²) in [5.74, 6) is 2.38. The van der Waals surface area contributed by atoms with E-state index in [4.69, 9.17) is 4.42 Å². The summed E-state index contributed by atoms with van der Waals surface area (Å²) in [6.07, 6.45) is 11.5. The lowest BCUT2D eigenvalue weighted by Crippen LogP contribution is -2.51. The van der Waals surface area contributed by atoms with Gasteiger partial charge in [0, 0.05) is 12.0 Å². The first-order valence-electron chi connectivity index (χ1n) is 10.3. The van der Waals surface area contributed by atoms with E-state index in [9.17, 15) is 5.11 Å². The molecule has 0 radical (unpaired) electrons. The molecule has 0 aliphatic heterocycles. The van der Waals surface area contributed by atoms with Gasteiger partial charge < -0.3 is 9.52 Å². The molecule has 1 N–H and O–H groups in total. The van der Waals surface area contributed by atoms with Crippen molar-refractivity contribution >= 4 is 13.5 Å². The summed E-state index contributed by atoms with van der Waals surface area (Å²) in [4.78, 5) is 0. The van der Waals surface area contributed by atoms with Crippen molar-refractivity contribution in [3.8, 4) is 0 Å². The Hall–Kier alpha value is -0.803. The van der Waals surface area contributed by atoms with Crippen LogP contribution in [0.3, 0.4) is 0 Å². The van der Waals surface area contributed by atoms with Crippen molar-refractivity contribution in [3.63, 3.8) is 0 Å². The number of aliphatic hydroxyl groups is 1. The number of aliphatic hydroxyl groups excluding tert-OH is 1. The second-order valence-electron chi connectivity index (χ2n) is 9.18. The molecule has 140 valence electrons. The lowest BCUT2D eigenvalue weighted by molar-refractivity contribution is 0.0859. The van der Waals surface area contributed by atoms with Crippen molar-refractivity contribution in [3.05, 3.63) is 29.5 Å². The highest BCUT2D eigenvalue weighted by atomic mass is 28.3. The molecule has 1 unspecified atom stereocenters. The van der Waals surface area contributed by atoms with E-state index in [0.29, 0.717) is 5.92 Å². The predicted molar refractivity (Wildman–Crippen MR) is 108 cm³/mol. The van der Waals surface area contributed by atoms with Gasteiger partial charge in [0.15, 0.2) is 0 Å². The standard InChI is InChI=1S/C22H36O2Si/c1-6-20(21(23)17-10-8-7-9-11-17)25(4,5)22-16(3)18-13-12-15(2)14-19(18)24-22/h6,15,17,20-21,23H,1,7-14H2,2-5H3/t15?,20-,21+/m1/s1. The van der Waals surface area contributed by atoms with E-state index in [-0.39, 0.29) is 11.6 Å². The zero-order valence-corrected chi connectivity index (χ0v) is 17.6. The van der Waals surface area contributed by atoms with Crippen LogP contribution < -0.4 is 5.38 Å². The molecule has 2 aliphatic rings. The van der Waals surface area contributed by atoms with Crippen LogP contribution in [-0.4, -0.2) is 19.3 Å². The van der Waals surface area contributed by atoms with Gasteiger partial charge >= 0.3 is 0 Å². The Labute approximate surface area is 154 Å². The lowest BCUT2D eigenvalue weighted by Gasteiger charge is -2.37. The van der Waals surface area contributed by atoms with Gasteiger partial charge in [0.2, 0.25) is 0 Å². The molecule has 2 aliphatic carbocycles. The molecule has 3 rings (SSSR count). The Morgan fingerprint density at radius 2 is 1.88 bits per heavy atom. The Balaban J connectivity index is 1.89. The summed E-state index contributed by atoms with van der Waals surface area (Å²) in [5.41, 5.74) is 3.00. The summed E-state index contributed by atoms with van der Waals surface area (Å²) >= 11 is 0. The van der Waals surface area contributed by atoms with Crippen LogP contribution in [0.25, 0.3) is 0 Å². The van der Waals surface area contributed by atoms with Crippen LogP contribution in [0.4, 0.5) is 0 Å². The third kappa shape index (κ3) is 3.55. The number of hydrogen-bond donors (Lipinski definition) is 1. The van der Waals surface area contributed by atoms with Gasteiger partial charge in [-0.05, 0) is 55.6 Å². The summed E-state index contributed by atoms with van der Waals surface area (Å²) in [7, 11) is -1.97. The molecule has 0 spiro atoms. The first-order valence-corrected chi connectivity index (χ1v) is 13.4. The van der Waals surface area contributed by atoms with E-state index >= 15 is 0 Å². The second kappa shape index (κ2) is 7.44. The smallest absolute Gasteiger partial charge is 0.136 e. The van der Waals surface area contributed by atoms with Gasteiger partial charge in [-0.15, -0.1) is 6.58 Å². The van der Waals surface area contributed by atoms with E-state index < -0.39 is 8.07 Å². The summed E-state index contributed by atoms with van der Waals surface area (Å²) in [6.45, 7) is 13.4. The molecule has 3 heteroatoms. The number of hydrogen-bond acceptors (Lipinski definition) is 2. The van der Waals surface area contributed by atoms with Crippen molar-refractivity contribution in [2.45, 2.75) is 90.0 Å². The van der Waals surface area contributed by atoms with Crippen LogP contribution in [0, 0.1) is 18.8 Å². The van der Waals surface area contributed by atoms with Crippen LogP contribution >= 0.6 is 0 Å². The van der Waals surface area contributed by atoms with E-state index in [0.717, 1.165) is 18.8 Å². The Kier molecular flexibility index (Phi) is 5.65. The maximum absolute atomic E-state index is 11.2. The molecular weight excluding hydrogens is 324 g/mol.